The highest BCUT2D eigenvalue weighted by Crippen LogP contribution is 2.27. The van der Waals surface area contributed by atoms with Gasteiger partial charge in [-0.3, -0.25) is 9.52 Å². The number of sulfonamides is 1. The molecule has 0 saturated heterocycles. The lowest BCUT2D eigenvalue weighted by atomic mass is 10.2. The molecule has 0 bridgehead atoms. The van der Waals surface area contributed by atoms with Crippen LogP contribution in [0.3, 0.4) is 0 Å². The lowest BCUT2D eigenvalue weighted by Crippen LogP contribution is -2.19. The maximum Gasteiger partial charge on any atom is 0.304 e. The van der Waals surface area contributed by atoms with Crippen LogP contribution in [0, 0.1) is 6.92 Å². The molecule has 0 radical (unpaired) electrons. The number of aliphatic carboxylic acids is 1. The SMILES string of the molecule is CCCOc1cc(C)ccc1NS(=O)(=O)CCC(=O)O. The molecular formula is C13H19NO5S. The normalized spacial score (nSPS) is 11.1. The third-order valence-corrected chi connectivity index (χ3v) is 3.72. The molecule has 0 heterocycles. The second-order valence-electron chi connectivity index (χ2n) is 4.41. The van der Waals surface area contributed by atoms with Gasteiger partial charge in [0.25, 0.3) is 0 Å². The highest BCUT2D eigenvalue weighted by atomic mass is 32.2. The Morgan fingerprint density at radius 1 is 1.40 bits per heavy atom. The first-order valence-electron chi connectivity index (χ1n) is 6.30. The van der Waals surface area contributed by atoms with E-state index < -0.39 is 28.2 Å². The van der Waals surface area contributed by atoms with Crippen molar-refractivity contribution in [1.29, 1.82) is 0 Å². The summed E-state index contributed by atoms with van der Waals surface area (Å²) in [5, 5.41) is 8.53. The number of rotatable bonds is 8. The Balaban J connectivity index is 2.87. The third kappa shape index (κ3) is 5.48. The molecular weight excluding hydrogens is 282 g/mol. The lowest BCUT2D eigenvalue weighted by molar-refractivity contribution is -0.136. The number of carbonyl (C=O) groups is 1. The lowest BCUT2D eigenvalue weighted by Gasteiger charge is -2.13. The summed E-state index contributed by atoms with van der Waals surface area (Å²) in [5.41, 5.74) is 1.28. The Bertz CT molecular complexity index is 568. The predicted octanol–water partition coefficient (Wildman–Crippen LogP) is 2.00. The molecule has 0 aliphatic rings. The van der Waals surface area contributed by atoms with Crippen LogP contribution in [0.1, 0.15) is 25.3 Å². The molecule has 1 aromatic rings. The molecule has 1 aromatic carbocycles. The monoisotopic (exact) mass is 301 g/mol. The summed E-state index contributed by atoms with van der Waals surface area (Å²) in [5.74, 6) is -1.17. The van der Waals surface area contributed by atoms with Crippen LogP contribution < -0.4 is 9.46 Å². The van der Waals surface area contributed by atoms with Crippen LogP contribution in [0.4, 0.5) is 5.69 Å². The van der Waals surface area contributed by atoms with Crippen LogP contribution in [0.25, 0.3) is 0 Å². The maximum atomic E-state index is 11.8. The zero-order valence-corrected chi connectivity index (χ0v) is 12.4. The van der Waals surface area contributed by atoms with E-state index in [0.717, 1.165) is 12.0 Å². The van der Waals surface area contributed by atoms with E-state index in [-0.39, 0.29) is 0 Å². The molecule has 0 unspecified atom stereocenters. The van der Waals surface area contributed by atoms with E-state index in [1.54, 1.807) is 18.2 Å². The van der Waals surface area contributed by atoms with E-state index in [4.69, 9.17) is 9.84 Å². The minimum Gasteiger partial charge on any atom is -0.491 e. The number of benzene rings is 1. The number of hydrogen-bond acceptors (Lipinski definition) is 4. The summed E-state index contributed by atoms with van der Waals surface area (Å²) in [6, 6.07) is 5.11. The van der Waals surface area contributed by atoms with Crippen LogP contribution >= 0.6 is 0 Å². The van der Waals surface area contributed by atoms with Gasteiger partial charge in [0.15, 0.2) is 0 Å². The molecule has 112 valence electrons. The largest absolute Gasteiger partial charge is 0.491 e. The van der Waals surface area contributed by atoms with Gasteiger partial charge in [-0.2, -0.15) is 0 Å². The van der Waals surface area contributed by atoms with Gasteiger partial charge in [0.1, 0.15) is 5.75 Å². The topological polar surface area (TPSA) is 92.7 Å². The number of carboxylic acids is 1. The first-order chi connectivity index (χ1) is 9.34. The zero-order valence-electron chi connectivity index (χ0n) is 11.5. The highest BCUT2D eigenvalue weighted by molar-refractivity contribution is 7.92. The molecule has 0 aliphatic heterocycles. The van der Waals surface area contributed by atoms with Crippen molar-refractivity contribution < 1.29 is 23.1 Å². The van der Waals surface area contributed by atoms with Crippen LogP contribution in [0.15, 0.2) is 18.2 Å². The molecule has 1 rings (SSSR count). The number of carboxylic acid groups (broad SMARTS) is 1. The molecule has 0 aliphatic carbocycles. The Kier molecular flexibility index (Phi) is 5.82. The van der Waals surface area contributed by atoms with Crippen LogP contribution in [0.5, 0.6) is 5.75 Å². The summed E-state index contributed by atoms with van der Waals surface area (Å²) in [6.45, 7) is 4.31. The molecule has 7 heteroatoms. The third-order valence-electron chi connectivity index (χ3n) is 2.45. The Morgan fingerprint density at radius 3 is 2.70 bits per heavy atom. The van der Waals surface area contributed by atoms with Gasteiger partial charge < -0.3 is 9.84 Å². The van der Waals surface area contributed by atoms with Crippen LogP contribution in [-0.4, -0.2) is 31.9 Å². The number of ether oxygens (including phenoxy) is 1. The first kappa shape index (κ1) is 16.3. The van der Waals surface area contributed by atoms with Crippen molar-refractivity contribution in [2.45, 2.75) is 26.7 Å². The molecule has 0 spiro atoms. The Labute approximate surface area is 118 Å². The average molecular weight is 301 g/mol. The van der Waals surface area contributed by atoms with Gasteiger partial charge >= 0.3 is 5.97 Å². The number of aryl methyl sites for hydroxylation is 1. The van der Waals surface area contributed by atoms with E-state index in [0.29, 0.717) is 18.0 Å². The second-order valence-corrected chi connectivity index (χ2v) is 6.25. The average Bonchev–Trinajstić information content (AvgIpc) is 2.37. The van der Waals surface area contributed by atoms with Gasteiger partial charge in [-0.25, -0.2) is 8.42 Å². The van der Waals surface area contributed by atoms with E-state index in [1.165, 1.54) is 0 Å². The van der Waals surface area contributed by atoms with Gasteiger partial charge in [-0.1, -0.05) is 13.0 Å². The number of anilines is 1. The summed E-state index contributed by atoms with van der Waals surface area (Å²) in [7, 11) is -3.70. The van der Waals surface area contributed by atoms with Crippen molar-refractivity contribution in [3.05, 3.63) is 23.8 Å². The van der Waals surface area contributed by atoms with Gasteiger partial charge in [0, 0.05) is 0 Å². The van der Waals surface area contributed by atoms with Gasteiger partial charge in [-0.05, 0) is 31.0 Å². The maximum absolute atomic E-state index is 11.8. The molecule has 2 N–H and O–H groups in total. The molecule has 0 aromatic heterocycles. The van der Waals surface area contributed by atoms with Crippen molar-refractivity contribution in [1.82, 2.24) is 0 Å². The second kappa shape index (κ2) is 7.14. The summed E-state index contributed by atoms with van der Waals surface area (Å²) >= 11 is 0. The van der Waals surface area contributed by atoms with E-state index >= 15 is 0 Å². The highest BCUT2D eigenvalue weighted by Gasteiger charge is 2.15. The van der Waals surface area contributed by atoms with Gasteiger partial charge in [0.05, 0.1) is 24.5 Å². The standard InChI is InChI=1S/C13H19NO5S/c1-3-7-19-12-9-10(2)4-5-11(12)14-20(17,18)8-6-13(15)16/h4-5,9,14H,3,6-8H2,1-2H3,(H,15,16). The van der Waals surface area contributed by atoms with Gasteiger partial charge in [0.2, 0.25) is 10.0 Å². The van der Waals surface area contributed by atoms with Crippen molar-refractivity contribution in [3.63, 3.8) is 0 Å². The summed E-state index contributed by atoms with van der Waals surface area (Å²) in [4.78, 5) is 10.4. The summed E-state index contributed by atoms with van der Waals surface area (Å²) < 4.78 is 31.4. The number of nitrogens with one attached hydrogen (secondary N) is 1. The minimum absolute atomic E-state index is 0.328. The molecule has 6 nitrogen and oxygen atoms in total. The summed E-state index contributed by atoms with van der Waals surface area (Å²) in [6.07, 6.45) is 0.367. The molecule has 20 heavy (non-hydrogen) atoms. The van der Waals surface area contributed by atoms with Gasteiger partial charge in [-0.15, -0.1) is 0 Å². The molecule has 0 amide bonds. The Hall–Kier alpha value is -1.76. The fourth-order valence-corrected chi connectivity index (χ4v) is 2.53. The first-order valence-corrected chi connectivity index (χ1v) is 7.95. The quantitative estimate of drug-likeness (QED) is 0.766. The van der Waals surface area contributed by atoms with Crippen molar-refractivity contribution in [2.75, 3.05) is 17.1 Å². The smallest absolute Gasteiger partial charge is 0.304 e. The van der Waals surface area contributed by atoms with Crippen molar-refractivity contribution >= 4 is 21.7 Å². The van der Waals surface area contributed by atoms with E-state index in [9.17, 15) is 13.2 Å². The molecule has 0 atom stereocenters. The van der Waals surface area contributed by atoms with Crippen LogP contribution in [-0.2, 0) is 14.8 Å². The van der Waals surface area contributed by atoms with Crippen LogP contribution in [0.2, 0.25) is 0 Å². The molecule has 0 saturated carbocycles. The van der Waals surface area contributed by atoms with E-state index in [1.807, 2.05) is 13.8 Å². The van der Waals surface area contributed by atoms with Crippen molar-refractivity contribution in [2.24, 2.45) is 0 Å². The minimum atomic E-state index is -3.70. The molecule has 0 fully saturated rings. The fraction of sp³-hybridized carbons (Fsp3) is 0.462. The predicted molar refractivity (Wildman–Crippen MR) is 76.6 cm³/mol. The van der Waals surface area contributed by atoms with Crippen molar-refractivity contribution in [3.8, 4) is 5.75 Å². The van der Waals surface area contributed by atoms with E-state index in [2.05, 4.69) is 4.72 Å². The number of hydrogen-bond donors (Lipinski definition) is 2. The fourth-order valence-electron chi connectivity index (χ4n) is 1.49. The zero-order chi connectivity index (χ0) is 15.2. The Morgan fingerprint density at radius 2 is 2.10 bits per heavy atom.